The van der Waals surface area contributed by atoms with Crippen LogP contribution in [0.25, 0.3) is 0 Å². The van der Waals surface area contributed by atoms with Crippen molar-refractivity contribution in [1.29, 1.82) is 0 Å². The zero-order valence-electron chi connectivity index (χ0n) is 18.7. The summed E-state index contributed by atoms with van der Waals surface area (Å²) in [5, 5.41) is 9.51. The van der Waals surface area contributed by atoms with Crippen molar-refractivity contribution in [3.05, 3.63) is 54.0 Å². The number of benzene rings is 1. The van der Waals surface area contributed by atoms with Crippen molar-refractivity contribution in [3.63, 3.8) is 0 Å². The molecule has 0 aliphatic carbocycles. The molecule has 0 aliphatic heterocycles. The standard InChI is InChI=1S/C23H35N5O2/c1-17(2)28(18(3)4)14-7-13-25-23(24-5)26-16-19-9-11-20(12-10-19)27-22(29)21-8-6-15-30-21/h6,8-12,15,17-18H,7,13-14,16H2,1-5H3,(H,27,29)(H2,24,25,26). The highest BCUT2D eigenvalue weighted by atomic mass is 16.3. The molecule has 7 heteroatoms. The molecule has 164 valence electrons. The minimum absolute atomic E-state index is 0.260. The summed E-state index contributed by atoms with van der Waals surface area (Å²) in [7, 11) is 1.77. The molecule has 1 aromatic heterocycles. The highest BCUT2D eigenvalue weighted by Gasteiger charge is 2.12. The largest absolute Gasteiger partial charge is 0.459 e. The van der Waals surface area contributed by atoms with E-state index in [2.05, 4.69) is 53.5 Å². The molecule has 7 nitrogen and oxygen atoms in total. The lowest BCUT2D eigenvalue weighted by Crippen LogP contribution is -2.41. The molecule has 2 aromatic rings. The zero-order valence-corrected chi connectivity index (χ0v) is 18.7. The lowest BCUT2D eigenvalue weighted by molar-refractivity contribution is 0.0996. The summed E-state index contributed by atoms with van der Waals surface area (Å²) in [6.07, 6.45) is 2.54. The maximum Gasteiger partial charge on any atom is 0.291 e. The number of anilines is 1. The van der Waals surface area contributed by atoms with Gasteiger partial charge in [0, 0.05) is 44.5 Å². The fourth-order valence-electron chi connectivity index (χ4n) is 3.29. The van der Waals surface area contributed by atoms with Crippen LogP contribution in [0.15, 0.2) is 52.1 Å². The Labute approximate surface area is 179 Å². The number of amides is 1. The topological polar surface area (TPSA) is 81.9 Å². The number of hydrogen-bond donors (Lipinski definition) is 3. The summed E-state index contributed by atoms with van der Waals surface area (Å²) in [6.45, 7) is 11.5. The number of hydrogen-bond acceptors (Lipinski definition) is 4. The van der Waals surface area contributed by atoms with Crippen LogP contribution in [0.2, 0.25) is 0 Å². The summed E-state index contributed by atoms with van der Waals surface area (Å²) in [4.78, 5) is 18.8. The molecule has 1 amide bonds. The number of carbonyl (C=O) groups excluding carboxylic acids is 1. The summed E-state index contributed by atoms with van der Waals surface area (Å²) >= 11 is 0. The Hall–Kier alpha value is -2.80. The van der Waals surface area contributed by atoms with Crippen LogP contribution >= 0.6 is 0 Å². The van der Waals surface area contributed by atoms with Crippen molar-refractivity contribution in [1.82, 2.24) is 15.5 Å². The van der Waals surface area contributed by atoms with Gasteiger partial charge in [0.2, 0.25) is 0 Å². The minimum atomic E-state index is -0.260. The first kappa shape index (κ1) is 23.5. The van der Waals surface area contributed by atoms with E-state index >= 15 is 0 Å². The molecule has 30 heavy (non-hydrogen) atoms. The highest BCUT2D eigenvalue weighted by Crippen LogP contribution is 2.12. The van der Waals surface area contributed by atoms with Gasteiger partial charge < -0.3 is 20.4 Å². The highest BCUT2D eigenvalue weighted by molar-refractivity contribution is 6.02. The van der Waals surface area contributed by atoms with Crippen LogP contribution in [-0.4, -0.2) is 49.0 Å². The predicted molar refractivity (Wildman–Crippen MR) is 123 cm³/mol. The molecule has 1 heterocycles. The van der Waals surface area contributed by atoms with E-state index in [0.29, 0.717) is 24.4 Å². The van der Waals surface area contributed by atoms with Crippen LogP contribution in [0.4, 0.5) is 5.69 Å². The van der Waals surface area contributed by atoms with E-state index < -0.39 is 0 Å². The molecule has 0 spiro atoms. The van der Waals surface area contributed by atoms with Crippen molar-refractivity contribution < 1.29 is 9.21 Å². The number of nitrogens with one attached hydrogen (secondary N) is 3. The maximum atomic E-state index is 12.0. The molecule has 0 unspecified atom stereocenters. The van der Waals surface area contributed by atoms with Gasteiger partial charge >= 0.3 is 0 Å². The molecule has 0 aliphatic rings. The molecular formula is C23H35N5O2. The average molecular weight is 414 g/mol. The van der Waals surface area contributed by atoms with E-state index in [0.717, 1.165) is 36.7 Å². The Morgan fingerprint density at radius 1 is 1.07 bits per heavy atom. The van der Waals surface area contributed by atoms with Crippen LogP contribution in [0.1, 0.15) is 50.2 Å². The van der Waals surface area contributed by atoms with Crippen LogP contribution < -0.4 is 16.0 Å². The molecule has 0 saturated heterocycles. The third-order valence-electron chi connectivity index (χ3n) is 4.85. The lowest BCUT2D eigenvalue weighted by Gasteiger charge is -2.30. The summed E-state index contributed by atoms with van der Waals surface area (Å²) < 4.78 is 5.10. The molecule has 2 rings (SSSR count). The van der Waals surface area contributed by atoms with Gasteiger partial charge in [0.1, 0.15) is 0 Å². The average Bonchev–Trinajstić information content (AvgIpc) is 3.25. The van der Waals surface area contributed by atoms with E-state index in [1.807, 2.05) is 24.3 Å². The van der Waals surface area contributed by atoms with Crippen LogP contribution in [0.3, 0.4) is 0 Å². The Morgan fingerprint density at radius 3 is 2.33 bits per heavy atom. The van der Waals surface area contributed by atoms with Gasteiger partial charge in [-0.05, 0) is 63.9 Å². The van der Waals surface area contributed by atoms with E-state index in [-0.39, 0.29) is 5.91 Å². The van der Waals surface area contributed by atoms with Gasteiger partial charge in [0.05, 0.1) is 6.26 Å². The summed E-state index contributed by atoms with van der Waals surface area (Å²) in [5.41, 5.74) is 1.82. The molecule has 0 bridgehead atoms. The molecule has 1 aromatic carbocycles. The molecular weight excluding hydrogens is 378 g/mol. The van der Waals surface area contributed by atoms with Gasteiger partial charge in [-0.1, -0.05) is 12.1 Å². The normalized spacial score (nSPS) is 11.9. The number of nitrogens with zero attached hydrogens (tertiary/aromatic N) is 2. The molecule has 3 N–H and O–H groups in total. The first-order valence-electron chi connectivity index (χ1n) is 10.5. The monoisotopic (exact) mass is 413 g/mol. The number of rotatable bonds is 10. The quantitative estimate of drug-likeness (QED) is 0.314. The van der Waals surface area contributed by atoms with E-state index in [9.17, 15) is 4.79 Å². The minimum Gasteiger partial charge on any atom is -0.459 e. The second kappa shape index (κ2) is 12.0. The van der Waals surface area contributed by atoms with Crippen molar-refractivity contribution in [2.24, 2.45) is 4.99 Å². The molecule has 0 fully saturated rings. The van der Waals surface area contributed by atoms with Gasteiger partial charge in [-0.15, -0.1) is 0 Å². The van der Waals surface area contributed by atoms with Crippen LogP contribution in [-0.2, 0) is 6.54 Å². The van der Waals surface area contributed by atoms with E-state index in [4.69, 9.17) is 4.42 Å². The first-order chi connectivity index (χ1) is 14.4. The smallest absolute Gasteiger partial charge is 0.291 e. The van der Waals surface area contributed by atoms with E-state index in [1.165, 1.54) is 6.26 Å². The fourth-order valence-corrected chi connectivity index (χ4v) is 3.29. The van der Waals surface area contributed by atoms with Crippen LogP contribution in [0, 0.1) is 0 Å². The van der Waals surface area contributed by atoms with Crippen molar-refractivity contribution >= 4 is 17.6 Å². The first-order valence-corrected chi connectivity index (χ1v) is 10.5. The van der Waals surface area contributed by atoms with Gasteiger partial charge in [0.15, 0.2) is 11.7 Å². The van der Waals surface area contributed by atoms with Crippen LogP contribution in [0.5, 0.6) is 0 Å². The number of aliphatic imine (C=N–C) groups is 1. The van der Waals surface area contributed by atoms with Gasteiger partial charge in [-0.2, -0.15) is 0 Å². The number of carbonyl (C=O) groups is 1. The molecule has 0 radical (unpaired) electrons. The number of furan rings is 1. The Balaban J connectivity index is 1.73. The second-order valence-electron chi connectivity index (χ2n) is 7.76. The Bertz CT molecular complexity index is 774. The maximum absolute atomic E-state index is 12.0. The number of guanidine groups is 1. The third kappa shape index (κ3) is 7.55. The van der Waals surface area contributed by atoms with Crippen molar-refractivity contribution in [3.8, 4) is 0 Å². The zero-order chi connectivity index (χ0) is 21.9. The van der Waals surface area contributed by atoms with Gasteiger partial charge in [-0.25, -0.2) is 0 Å². The molecule has 0 saturated carbocycles. The second-order valence-corrected chi connectivity index (χ2v) is 7.76. The van der Waals surface area contributed by atoms with Crippen molar-refractivity contribution in [2.45, 2.75) is 52.7 Å². The molecule has 0 atom stereocenters. The SMILES string of the molecule is CN=C(NCCCN(C(C)C)C(C)C)NCc1ccc(NC(=O)c2ccco2)cc1. The van der Waals surface area contributed by atoms with E-state index in [1.54, 1.807) is 19.2 Å². The van der Waals surface area contributed by atoms with Gasteiger partial charge in [-0.3, -0.25) is 14.7 Å². The lowest BCUT2D eigenvalue weighted by atomic mass is 10.2. The third-order valence-corrected chi connectivity index (χ3v) is 4.85. The Morgan fingerprint density at radius 2 is 1.77 bits per heavy atom. The Kier molecular flexibility index (Phi) is 9.41. The fraction of sp³-hybridized carbons (Fsp3) is 0.478. The predicted octanol–water partition coefficient (Wildman–Crippen LogP) is 3.71. The van der Waals surface area contributed by atoms with Crippen molar-refractivity contribution in [2.75, 3.05) is 25.5 Å². The summed E-state index contributed by atoms with van der Waals surface area (Å²) in [6, 6.07) is 12.1. The summed E-state index contributed by atoms with van der Waals surface area (Å²) in [5.74, 6) is 0.815. The van der Waals surface area contributed by atoms with Gasteiger partial charge in [0.25, 0.3) is 5.91 Å².